The summed E-state index contributed by atoms with van der Waals surface area (Å²) < 4.78 is 5.32. The van der Waals surface area contributed by atoms with E-state index in [1.807, 2.05) is 32.3 Å². The Labute approximate surface area is 220 Å². The summed E-state index contributed by atoms with van der Waals surface area (Å²) in [7, 11) is 4.01. The van der Waals surface area contributed by atoms with Crippen molar-refractivity contribution >= 4 is 39.3 Å². The van der Waals surface area contributed by atoms with Crippen LogP contribution in [0.4, 0.5) is 5.69 Å². The lowest BCUT2D eigenvalue weighted by Crippen LogP contribution is -2.63. The number of nitrogens with one attached hydrogen (secondary N) is 1. The van der Waals surface area contributed by atoms with Crippen LogP contribution in [0.3, 0.4) is 0 Å². The molecule has 37 heavy (non-hydrogen) atoms. The van der Waals surface area contributed by atoms with Crippen molar-refractivity contribution < 1.29 is 24.9 Å². The number of fused-ring (bicyclic) bond motifs is 1. The molecule has 1 amide bonds. The highest BCUT2D eigenvalue weighted by atomic mass is 32.1. The molecule has 5 atom stereocenters. The first-order chi connectivity index (χ1) is 17.6. The molecule has 1 aliphatic rings. The van der Waals surface area contributed by atoms with Crippen molar-refractivity contribution in [1.29, 1.82) is 5.26 Å². The molecule has 2 heterocycles. The maximum atomic E-state index is 13.0. The first-order valence-electron chi connectivity index (χ1n) is 12.1. The van der Waals surface area contributed by atoms with Crippen molar-refractivity contribution in [3.63, 3.8) is 0 Å². The van der Waals surface area contributed by atoms with Gasteiger partial charge in [0, 0.05) is 29.5 Å². The second-order valence-electron chi connectivity index (χ2n) is 9.37. The number of aliphatic hydroxyl groups is 3. The molecule has 9 heteroatoms. The smallest absolute Gasteiger partial charge is 0.262 e. The zero-order valence-corrected chi connectivity index (χ0v) is 22.0. The summed E-state index contributed by atoms with van der Waals surface area (Å²) in [6.07, 6.45) is -4.59. The summed E-state index contributed by atoms with van der Waals surface area (Å²) >= 11 is 1.46. The summed E-state index contributed by atoms with van der Waals surface area (Å²) in [6.45, 7) is 3.43. The largest absolute Gasteiger partial charge is 0.388 e. The van der Waals surface area contributed by atoms with E-state index >= 15 is 0 Å². The number of thiophene rings is 1. The van der Waals surface area contributed by atoms with E-state index in [0.717, 1.165) is 31.8 Å². The Hall–Kier alpha value is -3.26. The summed E-state index contributed by atoms with van der Waals surface area (Å²) in [4.78, 5) is 16.8. The Kier molecular flexibility index (Phi) is 7.97. The normalized spacial score (nSPS) is 24.3. The highest BCUT2D eigenvalue weighted by molar-refractivity contribution is 7.16. The summed E-state index contributed by atoms with van der Waals surface area (Å²) in [5.74, 6) is -0.758. The van der Waals surface area contributed by atoms with Crippen LogP contribution in [-0.4, -0.2) is 66.0 Å². The summed E-state index contributed by atoms with van der Waals surface area (Å²) in [5, 5.41) is 45.4. The Morgan fingerprint density at radius 1 is 1.08 bits per heavy atom. The average Bonchev–Trinajstić information content (AvgIpc) is 3.39. The molecule has 1 fully saturated rings. The third-order valence-corrected chi connectivity index (χ3v) is 7.99. The first-order valence-corrected chi connectivity index (χ1v) is 12.9. The Bertz CT molecular complexity index is 1380. The number of nitrogens with zero attached hydrogens (tertiary/aromatic N) is 2. The van der Waals surface area contributed by atoms with Gasteiger partial charge in [0.2, 0.25) is 0 Å². The maximum absolute atomic E-state index is 13.0. The number of carbonyl (C=O) groups is 1. The molecule has 1 unspecified atom stereocenters. The van der Waals surface area contributed by atoms with Gasteiger partial charge in [-0.3, -0.25) is 4.79 Å². The van der Waals surface area contributed by atoms with E-state index in [-0.39, 0.29) is 5.57 Å². The summed E-state index contributed by atoms with van der Waals surface area (Å²) in [5.41, 5.74) is 2.48. The van der Waals surface area contributed by atoms with E-state index < -0.39 is 36.6 Å². The quantitative estimate of drug-likeness (QED) is 0.290. The Morgan fingerprint density at radius 2 is 1.78 bits per heavy atom. The van der Waals surface area contributed by atoms with E-state index in [2.05, 4.69) is 46.6 Å². The van der Waals surface area contributed by atoms with Gasteiger partial charge in [-0.1, -0.05) is 25.1 Å². The number of nitriles is 1. The maximum Gasteiger partial charge on any atom is 0.262 e. The van der Waals surface area contributed by atoms with Gasteiger partial charge in [0.25, 0.3) is 5.91 Å². The van der Waals surface area contributed by atoms with Gasteiger partial charge in [0.15, 0.2) is 6.29 Å². The molecule has 3 aromatic rings. The molecule has 1 saturated heterocycles. The molecular weight excluding hydrogens is 490 g/mol. The molecule has 0 spiro atoms. The lowest BCUT2D eigenvalue weighted by atomic mass is 9.95. The number of hydrogen-bond acceptors (Lipinski definition) is 8. The summed E-state index contributed by atoms with van der Waals surface area (Å²) in [6, 6.07) is 17.0. The topological polar surface area (TPSA) is 126 Å². The number of amides is 1. The molecule has 4 N–H and O–H groups in total. The van der Waals surface area contributed by atoms with Crippen LogP contribution in [0.5, 0.6) is 0 Å². The van der Waals surface area contributed by atoms with Crippen molar-refractivity contribution in [1.82, 2.24) is 5.32 Å². The van der Waals surface area contributed by atoms with Gasteiger partial charge < -0.3 is 30.3 Å². The van der Waals surface area contributed by atoms with Gasteiger partial charge in [-0.05, 0) is 65.6 Å². The minimum absolute atomic E-state index is 0.144. The minimum Gasteiger partial charge on any atom is -0.388 e. The number of anilines is 1. The van der Waals surface area contributed by atoms with Crippen LogP contribution in [0.25, 0.3) is 26.8 Å². The second kappa shape index (κ2) is 11.0. The fourth-order valence-corrected chi connectivity index (χ4v) is 5.46. The van der Waals surface area contributed by atoms with Crippen LogP contribution in [0.1, 0.15) is 25.1 Å². The van der Waals surface area contributed by atoms with Crippen LogP contribution in [-0.2, 0) is 9.53 Å². The Morgan fingerprint density at radius 3 is 2.46 bits per heavy atom. The van der Waals surface area contributed by atoms with Gasteiger partial charge >= 0.3 is 0 Å². The predicted octanol–water partition coefficient (Wildman–Crippen LogP) is 3.27. The van der Waals surface area contributed by atoms with Crippen molar-refractivity contribution in [2.24, 2.45) is 0 Å². The molecule has 194 valence electrons. The first kappa shape index (κ1) is 26.8. The minimum atomic E-state index is -1.51. The van der Waals surface area contributed by atoms with Crippen LogP contribution >= 0.6 is 11.3 Å². The molecule has 0 radical (unpaired) electrons. The molecule has 1 aliphatic heterocycles. The van der Waals surface area contributed by atoms with Gasteiger partial charge in [-0.25, -0.2) is 0 Å². The van der Waals surface area contributed by atoms with Gasteiger partial charge in [0.1, 0.15) is 29.9 Å². The molecular formula is C28H31N3O5S. The number of benzene rings is 2. The number of rotatable bonds is 6. The van der Waals surface area contributed by atoms with Gasteiger partial charge in [-0.15, -0.1) is 11.3 Å². The van der Waals surface area contributed by atoms with E-state index in [9.17, 15) is 25.4 Å². The second-order valence-corrected chi connectivity index (χ2v) is 10.5. The number of ether oxygens (including phenoxy) is 1. The average molecular weight is 522 g/mol. The van der Waals surface area contributed by atoms with Crippen molar-refractivity contribution in [2.45, 2.75) is 50.9 Å². The molecule has 0 bridgehead atoms. The van der Waals surface area contributed by atoms with Crippen molar-refractivity contribution in [3.8, 4) is 16.5 Å². The van der Waals surface area contributed by atoms with E-state index in [0.29, 0.717) is 12.0 Å². The zero-order chi connectivity index (χ0) is 26.9. The molecule has 0 aliphatic carbocycles. The fraction of sp³-hybridized carbons (Fsp3) is 0.357. The third kappa shape index (κ3) is 5.39. The van der Waals surface area contributed by atoms with Crippen LogP contribution in [0.2, 0.25) is 0 Å². The van der Waals surface area contributed by atoms with Crippen molar-refractivity contribution in [2.75, 3.05) is 19.0 Å². The fourth-order valence-electron chi connectivity index (χ4n) is 4.45. The lowest BCUT2D eigenvalue weighted by molar-refractivity contribution is -0.247. The van der Waals surface area contributed by atoms with E-state index in [1.54, 1.807) is 13.8 Å². The SMILES string of the molecule is CC[C@H]1OC(O)[C@H](NC(=O)/C(C#N)=C(\C)c2ccc(-c3ccc4cc(N(C)C)ccc4c3)s2)[C@@H](O)[C@@H]1O. The van der Waals surface area contributed by atoms with Crippen molar-refractivity contribution in [3.05, 3.63) is 59.0 Å². The number of allylic oxidation sites excluding steroid dienone is 1. The number of hydrogen-bond donors (Lipinski definition) is 4. The van der Waals surface area contributed by atoms with Crippen LogP contribution in [0, 0.1) is 11.3 Å². The van der Waals surface area contributed by atoms with E-state index in [1.165, 1.54) is 11.3 Å². The molecule has 0 saturated carbocycles. The zero-order valence-electron chi connectivity index (χ0n) is 21.2. The van der Waals surface area contributed by atoms with Crippen LogP contribution in [0.15, 0.2) is 54.1 Å². The van der Waals surface area contributed by atoms with Gasteiger partial charge in [0.05, 0.1) is 6.10 Å². The third-order valence-electron chi connectivity index (χ3n) is 6.73. The number of aliphatic hydroxyl groups excluding tert-OH is 3. The molecule has 1 aromatic heterocycles. The van der Waals surface area contributed by atoms with Gasteiger partial charge in [-0.2, -0.15) is 5.26 Å². The lowest BCUT2D eigenvalue weighted by Gasteiger charge is -2.40. The molecule has 4 rings (SSSR count). The highest BCUT2D eigenvalue weighted by Gasteiger charge is 2.44. The standard InChI is InChI=1S/C28H31N3O5S/c1-5-21-25(32)26(33)24(28(35)36-21)30-27(34)20(14-29)15(2)22-10-11-23(37-22)18-7-6-17-13-19(31(3)4)9-8-16(17)12-18/h6-13,21,24-26,28,32-33,35H,5H2,1-4H3,(H,30,34)/b20-15+/t21-,24-,25-,26-,28?/m1/s1. The molecule has 2 aromatic carbocycles. The highest BCUT2D eigenvalue weighted by Crippen LogP contribution is 2.35. The number of carbonyl (C=O) groups excluding carboxylic acids is 1. The Balaban J connectivity index is 1.56. The molecule has 8 nitrogen and oxygen atoms in total. The van der Waals surface area contributed by atoms with E-state index in [4.69, 9.17) is 4.74 Å². The van der Waals surface area contributed by atoms with Crippen LogP contribution < -0.4 is 10.2 Å². The predicted molar refractivity (Wildman–Crippen MR) is 145 cm³/mol. The monoisotopic (exact) mass is 521 g/mol.